The summed E-state index contributed by atoms with van der Waals surface area (Å²) < 4.78 is 0. The van der Waals surface area contributed by atoms with E-state index in [1.807, 2.05) is 46.5 Å². The maximum atomic E-state index is 4.33. The van der Waals surface area contributed by atoms with Crippen molar-refractivity contribution in [2.45, 2.75) is 55.4 Å². The molecule has 1 atom stereocenters. The summed E-state index contributed by atoms with van der Waals surface area (Å²) in [5, 5.41) is 0. The fourth-order valence-corrected chi connectivity index (χ4v) is 2.14. The lowest BCUT2D eigenvalue weighted by molar-refractivity contribution is 1.07. The molecule has 24 heavy (non-hydrogen) atoms. The first-order valence-corrected chi connectivity index (χ1v) is 9.69. The molecule has 1 nitrogen and oxygen atoms in total. The number of rotatable bonds is 1. The van der Waals surface area contributed by atoms with E-state index in [2.05, 4.69) is 66.7 Å². The number of aryl methyl sites for hydroxylation is 4. The van der Waals surface area contributed by atoms with Crippen molar-refractivity contribution in [3.8, 4) is 0 Å². The van der Waals surface area contributed by atoms with Gasteiger partial charge in [0.15, 0.2) is 0 Å². The third-order valence-electron chi connectivity index (χ3n) is 3.51. The maximum absolute atomic E-state index is 4.33. The van der Waals surface area contributed by atoms with Gasteiger partial charge in [-0.15, -0.1) is 9.24 Å². The zero-order chi connectivity index (χ0) is 19.3. The quantitative estimate of drug-likeness (QED) is 0.514. The average Bonchev–Trinajstić information content (AvgIpc) is 2.57. The van der Waals surface area contributed by atoms with E-state index in [0.29, 0.717) is 0 Å². The van der Waals surface area contributed by atoms with Gasteiger partial charge in [-0.2, -0.15) is 0 Å². The van der Waals surface area contributed by atoms with E-state index >= 15 is 0 Å². The van der Waals surface area contributed by atoms with E-state index in [1.54, 1.807) is 0 Å². The molecular weight excluding hydrogens is 309 g/mol. The van der Waals surface area contributed by atoms with Crippen LogP contribution in [0, 0.1) is 34.6 Å². The van der Waals surface area contributed by atoms with E-state index in [9.17, 15) is 0 Å². The van der Waals surface area contributed by atoms with Gasteiger partial charge in [-0.05, 0) is 69.9 Å². The Morgan fingerprint density at radius 2 is 1.42 bits per heavy atom. The lowest BCUT2D eigenvalue weighted by Gasteiger charge is -2.03. The maximum Gasteiger partial charge on any atom is 0.0407 e. The third kappa shape index (κ3) is 8.99. The van der Waals surface area contributed by atoms with Crippen molar-refractivity contribution < 1.29 is 0 Å². The molecule has 1 heterocycles. The lowest BCUT2D eigenvalue weighted by atomic mass is 10.0. The predicted molar refractivity (Wildman–Crippen MR) is 116 cm³/mol. The molecule has 0 bridgehead atoms. The molecule has 1 unspecified atom stereocenters. The molecular formula is C22H36NP. The summed E-state index contributed by atoms with van der Waals surface area (Å²) in [6.45, 7) is 22.2. The fraction of sp³-hybridized carbons (Fsp3) is 0.409. The molecule has 0 N–H and O–H groups in total. The summed E-state index contributed by atoms with van der Waals surface area (Å²) in [4.78, 5) is 4.33. The van der Waals surface area contributed by atoms with E-state index in [1.165, 1.54) is 22.3 Å². The van der Waals surface area contributed by atoms with E-state index < -0.39 is 0 Å². The first-order valence-electron chi connectivity index (χ1n) is 8.53. The van der Waals surface area contributed by atoms with Crippen LogP contribution in [0.15, 0.2) is 36.9 Å². The van der Waals surface area contributed by atoms with Gasteiger partial charge in [-0.1, -0.05) is 56.9 Å². The largest absolute Gasteiger partial charge is 0.258 e. The van der Waals surface area contributed by atoms with Gasteiger partial charge in [-0.3, -0.25) is 4.98 Å². The van der Waals surface area contributed by atoms with Crippen molar-refractivity contribution in [2.75, 3.05) is 6.66 Å². The second-order valence-corrected chi connectivity index (χ2v) is 5.39. The minimum Gasteiger partial charge on any atom is -0.258 e. The summed E-state index contributed by atoms with van der Waals surface area (Å²) >= 11 is 0. The van der Waals surface area contributed by atoms with Crippen LogP contribution >= 0.6 is 9.24 Å². The average molecular weight is 346 g/mol. The first kappa shape index (κ1) is 24.8. The summed E-state index contributed by atoms with van der Waals surface area (Å²) in [5.41, 5.74) is 8.62. The molecule has 2 aromatic rings. The van der Waals surface area contributed by atoms with Crippen molar-refractivity contribution >= 4 is 14.8 Å². The van der Waals surface area contributed by atoms with E-state index in [0.717, 1.165) is 17.0 Å². The predicted octanol–water partition coefficient (Wildman–Crippen LogP) is 6.86. The van der Waals surface area contributed by atoms with Crippen LogP contribution in [0.2, 0.25) is 0 Å². The molecule has 0 aliphatic rings. The molecule has 2 heteroatoms. The topological polar surface area (TPSA) is 12.9 Å². The van der Waals surface area contributed by atoms with Crippen LogP contribution in [0.1, 0.15) is 54.4 Å². The van der Waals surface area contributed by atoms with Gasteiger partial charge < -0.3 is 0 Å². The van der Waals surface area contributed by atoms with Crippen LogP contribution in [-0.2, 0) is 0 Å². The minimum absolute atomic E-state index is 1.11. The molecule has 0 fully saturated rings. The van der Waals surface area contributed by atoms with Gasteiger partial charge in [0, 0.05) is 11.4 Å². The summed E-state index contributed by atoms with van der Waals surface area (Å²) in [7, 11) is 2.42. The fourth-order valence-electron chi connectivity index (χ4n) is 2.14. The Kier molecular flexibility index (Phi) is 14.4. The summed E-state index contributed by atoms with van der Waals surface area (Å²) in [6, 6.07) is 10.4. The van der Waals surface area contributed by atoms with Crippen LogP contribution in [-0.4, -0.2) is 11.6 Å². The molecule has 0 saturated heterocycles. The first-order chi connectivity index (χ1) is 11.3. The van der Waals surface area contributed by atoms with Gasteiger partial charge >= 0.3 is 0 Å². The number of aromatic nitrogens is 1. The molecule has 2 rings (SSSR count). The molecule has 0 spiro atoms. The van der Waals surface area contributed by atoms with Gasteiger partial charge in [0.1, 0.15) is 0 Å². The van der Waals surface area contributed by atoms with Gasteiger partial charge in [-0.25, -0.2) is 0 Å². The smallest absolute Gasteiger partial charge is 0.0407 e. The van der Waals surface area contributed by atoms with Crippen LogP contribution in [0.4, 0.5) is 0 Å². The van der Waals surface area contributed by atoms with Crippen molar-refractivity contribution in [2.24, 2.45) is 0 Å². The zero-order valence-corrected chi connectivity index (χ0v) is 18.3. The lowest BCUT2D eigenvalue weighted by Crippen LogP contribution is -1.92. The van der Waals surface area contributed by atoms with Gasteiger partial charge in [0.05, 0.1) is 0 Å². The van der Waals surface area contributed by atoms with Gasteiger partial charge in [0.2, 0.25) is 0 Å². The van der Waals surface area contributed by atoms with Crippen LogP contribution in [0.25, 0.3) is 5.57 Å². The van der Waals surface area contributed by atoms with Crippen LogP contribution < -0.4 is 0 Å². The Morgan fingerprint density at radius 1 is 0.917 bits per heavy atom. The van der Waals surface area contributed by atoms with Crippen LogP contribution in [0.5, 0.6) is 0 Å². The van der Waals surface area contributed by atoms with Crippen molar-refractivity contribution in [3.05, 3.63) is 70.6 Å². The molecule has 0 aliphatic carbocycles. The second kappa shape index (κ2) is 13.9. The third-order valence-corrected chi connectivity index (χ3v) is 3.51. The number of pyridine rings is 1. The number of nitrogens with zero attached hydrogens (tertiary/aromatic N) is 1. The Hall–Kier alpha value is -1.46. The highest BCUT2D eigenvalue weighted by molar-refractivity contribution is 7.15. The Morgan fingerprint density at radius 3 is 1.79 bits per heavy atom. The highest BCUT2D eigenvalue weighted by Crippen LogP contribution is 2.15. The SMILES string of the molecule is C=C(C)c1ccccc1C.CC.CP.Cc1cc(C)c(C)c(C)n1. The summed E-state index contributed by atoms with van der Waals surface area (Å²) in [6.07, 6.45) is 0. The molecule has 0 aliphatic heterocycles. The van der Waals surface area contributed by atoms with Crippen molar-refractivity contribution in [1.29, 1.82) is 0 Å². The second-order valence-electron chi connectivity index (χ2n) is 5.39. The molecule has 134 valence electrons. The molecule has 0 saturated carbocycles. The van der Waals surface area contributed by atoms with Crippen LogP contribution in [0.3, 0.4) is 0 Å². The van der Waals surface area contributed by atoms with Crippen molar-refractivity contribution in [3.63, 3.8) is 0 Å². The minimum atomic E-state index is 1.11. The Labute approximate surface area is 152 Å². The molecule has 1 aromatic heterocycles. The van der Waals surface area contributed by atoms with Crippen molar-refractivity contribution in [1.82, 2.24) is 4.98 Å². The van der Waals surface area contributed by atoms with E-state index in [-0.39, 0.29) is 0 Å². The highest BCUT2D eigenvalue weighted by Gasteiger charge is 1.97. The number of benzene rings is 1. The Balaban J connectivity index is 0. The molecule has 0 amide bonds. The van der Waals surface area contributed by atoms with Gasteiger partial charge in [0.25, 0.3) is 0 Å². The van der Waals surface area contributed by atoms with E-state index in [4.69, 9.17) is 0 Å². The number of hydrogen-bond donors (Lipinski definition) is 0. The zero-order valence-electron chi connectivity index (χ0n) is 17.1. The molecule has 1 aromatic carbocycles. The number of allylic oxidation sites excluding steroid dienone is 1. The highest BCUT2D eigenvalue weighted by atomic mass is 31.0. The number of hydrogen-bond acceptors (Lipinski definition) is 1. The normalized spacial score (nSPS) is 8.58. The summed E-state index contributed by atoms with van der Waals surface area (Å²) in [5.74, 6) is 0. The molecule has 0 radical (unpaired) electrons. The standard InChI is InChI=1S/C10H12.C9H13N.C2H6.CH5P/c1-8(2)10-7-5-4-6-9(10)3;1-6-5-7(2)10-9(4)8(6)3;2*1-2/h4-7H,1H2,2-3H3;5H,1-4H3;1-2H3;2H2,1H3. The Bertz CT molecular complexity index is 592. The monoisotopic (exact) mass is 345 g/mol.